The van der Waals surface area contributed by atoms with Gasteiger partial charge >= 0.3 is 0 Å². The second-order valence-corrected chi connectivity index (χ2v) is 3.45. The van der Waals surface area contributed by atoms with E-state index < -0.39 is 0 Å². The lowest BCUT2D eigenvalue weighted by atomic mass is 10.2. The molecule has 0 aromatic carbocycles. The molecule has 1 spiro atoms. The molecule has 1 heteroatoms. The number of piperidine rings is 1. The molecule has 0 radical (unpaired) electrons. The van der Waals surface area contributed by atoms with Crippen molar-refractivity contribution in [3.8, 4) is 0 Å². The van der Waals surface area contributed by atoms with Crippen LogP contribution < -0.4 is 0 Å². The van der Waals surface area contributed by atoms with Crippen LogP contribution in [0.25, 0.3) is 0 Å². The molecule has 0 aromatic heterocycles. The molecule has 2 unspecified atom stereocenters. The van der Waals surface area contributed by atoms with E-state index in [0.29, 0.717) is 0 Å². The van der Waals surface area contributed by atoms with Crippen molar-refractivity contribution in [3.63, 3.8) is 0 Å². The highest BCUT2D eigenvalue weighted by molar-refractivity contribution is 5.28. The van der Waals surface area contributed by atoms with Gasteiger partial charge in [0.15, 0.2) is 0 Å². The zero-order chi connectivity index (χ0) is 5.19. The molecular formula is C7H11N. The van der Waals surface area contributed by atoms with Crippen LogP contribution in [0.1, 0.15) is 25.7 Å². The molecule has 0 bridgehead atoms. The predicted molar refractivity (Wildman–Crippen MR) is 31.7 cm³/mol. The van der Waals surface area contributed by atoms with Crippen LogP contribution in [0, 0.1) is 0 Å². The van der Waals surface area contributed by atoms with E-state index in [1.54, 1.807) is 0 Å². The van der Waals surface area contributed by atoms with Gasteiger partial charge in [-0.3, -0.25) is 4.90 Å². The Kier molecular flexibility index (Phi) is 0.418. The first-order valence-electron chi connectivity index (χ1n) is 3.70. The maximum absolute atomic E-state index is 2.70. The highest BCUT2D eigenvalue weighted by Crippen LogP contribution is 2.63. The fraction of sp³-hybridized carbons (Fsp3) is 1.00. The summed E-state index contributed by atoms with van der Waals surface area (Å²) in [4.78, 5) is 2.70. The molecule has 1 aliphatic carbocycles. The Morgan fingerprint density at radius 1 is 1.38 bits per heavy atom. The average molecular weight is 109 g/mol. The minimum atomic E-state index is 0.845. The summed E-state index contributed by atoms with van der Waals surface area (Å²) >= 11 is 0. The number of hydrogen-bond acceptors (Lipinski definition) is 1. The molecular weight excluding hydrogens is 98.1 g/mol. The minimum Gasteiger partial charge on any atom is -0.291 e. The standard InChI is InChI=1S/C7H11N/c1-2-6-7(3-4-7)8(6)5-1/h6H,1-5H2. The van der Waals surface area contributed by atoms with Gasteiger partial charge in [-0.25, -0.2) is 0 Å². The van der Waals surface area contributed by atoms with Crippen LogP contribution >= 0.6 is 0 Å². The van der Waals surface area contributed by atoms with Gasteiger partial charge in [-0.05, 0) is 32.2 Å². The highest BCUT2D eigenvalue weighted by atomic mass is 15.4. The van der Waals surface area contributed by atoms with Gasteiger partial charge < -0.3 is 0 Å². The van der Waals surface area contributed by atoms with Crippen LogP contribution in [0.4, 0.5) is 0 Å². The maximum Gasteiger partial charge on any atom is 0.0370 e. The van der Waals surface area contributed by atoms with Gasteiger partial charge in [0.1, 0.15) is 0 Å². The quantitative estimate of drug-likeness (QED) is 0.419. The first-order valence-corrected chi connectivity index (χ1v) is 3.70. The summed E-state index contributed by atoms with van der Waals surface area (Å²) in [7, 11) is 0. The summed E-state index contributed by atoms with van der Waals surface area (Å²) in [6.45, 7) is 1.42. The Balaban J connectivity index is 1.94. The summed E-state index contributed by atoms with van der Waals surface area (Å²) in [5, 5.41) is 0. The molecule has 1 nitrogen and oxygen atoms in total. The van der Waals surface area contributed by atoms with E-state index >= 15 is 0 Å². The van der Waals surface area contributed by atoms with Crippen LogP contribution in [0.15, 0.2) is 0 Å². The molecule has 0 aromatic rings. The molecule has 1 saturated carbocycles. The van der Waals surface area contributed by atoms with Crippen LogP contribution in [0.5, 0.6) is 0 Å². The Bertz CT molecular complexity index is 125. The van der Waals surface area contributed by atoms with Crippen molar-refractivity contribution in [2.45, 2.75) is 37.3 Å². The molecule has 2 atom stereocenters. The van der Waals surface area contributed by atoms with E-state index in [1.165, 1.54) is 32.2 Å². The Morgan fingerprint density at radius 3 is 2.62 bits per heavy atom. The molecule has 0 amide bonds. The van der Waals surface area contributed by atoms with E-state index in [1.807, 2.05) is 0 Å². The predicted octanol–water partition coefficient (Wildman–Crippen LogP) is 0.997. The van der Waals surface area contributed by atoms with Crippen molar-refractivity contribution < 1.29 is 0 Å². The second-order valence-electron chi connectivity index (χ2n) is 3.45. The molecule has 3 fully saturated rings. The lowest BCUT2D eigenvalue weighted by Crippen LogP contribution is -2.01. The van der Waals surface area contributed by atoms with Gasteiger partial charge in [0.2, 0.25) is 0 Å². The van der Waals surface area contributed by atoms with Gasteiger partial charge in [0.05, 0.1) is 0 Å². The third kappa shape index (κ3) is 0.235. The number of fused-ring (bicyclic) bond motifs is 3. The van der Waals surface area contributed by atoms with Gasteiger partial charge in [-0.2, -0.15) is 0 Å². The normalized spacial score (nSPS) is 54.0. The summed E-state index contributed by atoms with van der Waals surface area (Å²) in [6, 6.07) is 1.07. The monoisotopic (exact) mass is 109 g/mol. The third-order valence-electron chi connectivity index (χ3n) is 3.14. The summed E-state index contributed by atoms with van der Waals surface area (Å²) in [6.07, 6.45) is 6.04. The minimum absolute atomic E-state index is 0.845. The van der Waals surface area contributed by atoms with E-state index in [9.17, 15) is 0 Å². The van der Waals surface area contributed by atoms with Gasteiger partial charge in [0.25, 0.3) is 0 Å². The van der Waals surface area contributed by atoms with E-state index in [4.69, 9.17) is 0 Å². The van der Waals surface area contributed by atoms with Gasteiger partial charge in [-0.1, -0.05) is 0 Å². The molecule has 8 heavy (non-hydrogen) atoms. The average Bonchev–Trinajstić information content (AvgIpc) is 2.60. The van der Waals surface area contributed by atoms with Gasteiger partial charge in [-0.15, -0.1) is 0 Å². The molecule has 0 N–H and O–H groups in total. The summed E-state index contributed by atoms with van der Waals surface area (Å²) in [5.74, 6) is 0. The van der Waals surface area contributed by atoms with E-state index in [0.717, 1.165) is 11.6 Å². The molecule has 3 aliphatic rings. The number of hydrogen-bond donors (Lipinski definition) is 0. The summed E-state index contributed by atoms with van der Waals surface area (Å²) < 4.78 is 0. The van der Waals surface area contributed by atoms with E-state index in [2.05, 4.69) is 4.90 Å². The highest BCUT2D eigenvalue weighted by Gasteiger charge is 2.71. The van der Waals surface area contributed by atoms with Gasteiger partial charge in [0, 0.05) is 11.6 Å². The lowest BCUT2D eigenvalue weighted by Gasteiger charge is -1.93. The Hall–Kier alpha value is -0.0400. The Labute approximate surface area is 49.7 Å². The smallest absolute Gasteiger partial charge is 0.0370 e. The van der Waals surface area contributed by atoms with Crippen molar-refractivity contribution >= 4 is 0 Å². The van der Waals surface area contributed by atoms with Crippen molar-refractivity contribution in [3.05, 3.63) is 0 Å². The first kappa shape index (κ1) is 3.89. The van der Waals surface area contributed by atoms with Crippen molar-refractivity contribution in [2.24, 2.45) is 0 Å². The maximum atomic E-state index is 2.70. The summed E-state index contributed by atoms with van der Waals surface area (Å²) in [5.41, 5.74) is 0.845. The zero-order valence-corrected chi connectivity index (χ0v) is 5.06. The SMILES string of the molecule is C1CC2N(C1)C21CC1. The largest absolute Gasteiger partial charge is 0.291 e. The number of nitrogens with zero attached hydrogens (tertiary/aromatic N) is 1. The fourth-order valence-electron chi connectivity index (χ4n) is 2.51. The second kappa shape index (κ2) is 0.860. The molecule has 44 valence electrons. The van der Waals surface area contributed by atoms with Crippen molar-refractivity contribution in [1.82, 2.24) is 4.90 Å². The molecule has 3 rings (SSSR count). The first-order chi connectivity index (χ1) is 3.93. The topological polar surface area (TPSA) is 3.01 Å². The lowest BCUT2D eigenvalue weighted by molar-refractivity contribution is 0.524. The van der Waals surface area contributed by atoms with E-state index in [-0.39, 0.29) is 0 Å². The van der Waals surface area contributed by atoms with Crippen LogP contribution in [0.2, 0.25) is 0 Å². The fourth-order valence-corrected chi connectivity index (χ4v) is 2.51. The Morgan fingerprint density at radius 2 is 2.25 bits per heavy atom. The van der Waals surface area contributed by atoms with Crippen LogP contribution in [-0.4, -0.2) is 23.0 Å². The molecule has 2 heterocycles. The van der Waals surface area contributed by atoms with Crippen LogP contribution in [-0.2, 0) is 0 Å². The molecule has 2 aliphatic heterocycles. The zero-order valence-electron chi connectivity index (χ0n) is 5.06. The molecule has 2 saturated heterocycles. The number of rotatable bonds is 0. The van der Waals surface area contributed by atoms with Crippen LogP contribution in [0.3, 0.4) is 0 Å². The van der Waals surface area contributed by atoms with Crippen molar-refractivity contribution in [2.75, 3.05) is 6.54 Å². The van der Waals surface area contributed by atoms with Crippen molar-refractivity contribution in [1.29, 1.82) is 0 Å². The third-order valence-corrected chi connectivity index (χ3v) is 3.14.